The number of aromatic nitrogens is 3. The van der Waals surface area contributed by atoms with Gasteiger partial charge in [0.1, 0.15) is 5.82 Å². The quantitative estimate of drug-likeness (QED) is 0.860. The summed E-state index contributed by atoms with van der Waals surface area (Å²) in [5.41, 5.74) is 3.13. The van der Waals surface area contributed by atoms with E-state index >= 15 is 0 Å². The van der Waals surface area contributed by atoms with E-state index in [4.69, 9.17) is 5.10 Å². The van der Waals surface area contributed by atoms with Crippen LogP contribution in [0.15, 0.2) is 12.1 Å². The topological polar surface area (TPSA) is 45.5 Å². The minimum Gasteiger partial charge on any atom is -0.354 e. The zero-order chi connectivity index (χ0) is 14.3. The number of nitrogens with zero attached hydrogens (tertiary/aromatic N) is 4. The van der Waals surface area contributed by atoms with Gasteiger partial charge >= 0.3 is 0 Å². The lowest BCUT2D eigenvalue weighted by molar-refractivity contribution is 0.556. The van der Waals surface area contributed by atoms with Crippen molar-refractivity contribution in [2.45, 2.75) is 33.1 Å². The molecule has 1 saturated heterocycles. The Balaban J connectivity index is 2.12. The van der Waals surface area contributed by atoms with Crippen molar-refractivity contribution in [3.63, 3.8) is 0 Å². The van der Waals surface area contributed by atoms with Gasteiger partial charge in [0.25, 0.3) is 0 Å². The molecule has 0 radical (unpaired) electrons. The molecule has 5 nitrogen and oxygen atoms in total. The van der Waals surface area contributed by atoms with Crippen LogP contribution in [-0.4, -0.2) is 40.8 Å². The van der Waals surface area contributed by atoms with Crippen molar-refractivity contribution in [1.29, 1.82) is 0 Å². The number of nitrogens with one attached hydrogen (secondary N) is 1. The van der Waals surface area contributed by atoms with Crippen LogP contribution in [0.1, 0.15) is 32.2 Å². The van der Waals surface area contributed by atoms with E-state index < -0.39 is 0 Å². The van der Waals surface area contributed by atoms with Crippen molar-refractivity contribution in [2.75, 3.05) is 31.1 Å². The molecule has 0 aromatic carbocycles. The molecule has 0 bridgehead atoms. The summed E-state index contributed by atoms with van der Waals surface area (Å²) in [6.45, 7) is 12.7. The first-order chi connectivity index (χ1) is 9.45. The summed E-state index contributed by atoms with van der Waals surface area (Å²) in [5, 5.41) is 8.18. The van der Waals surface area contributed by atoms with Crippen LogP contribution < -0.4 is 10.2 Å². The smallest absolute Gasteiger partial charge is 0.157 e. The van der Waals surface area contributed by atoms with Crippen molar-refractivity contribution in [3.8, 4) is 0 Å². The molecule has 1 N–H and O–H groups in total. The number of rotatable bonds is 1. The molecule has 0 spiro atoms. The van der Waals surface area contributed by atoms with Gasteiger partial charge in [0.05, 0.1) is 5.69 Å². The van der Waals surface area contributed by atoms with Gasteiger partial charge in [-0.1, -0.05) is 20.8 Å². The zero-order valence-corrected chi connectivity index (χ0v) is 12.8. The van der Waals surface area contributed by atoms with Gasteiger partial charge in [-0.15, -0.1) is 0 Å². The number of piperazine rings is 1. The molecule has 1 aliphatic rings. The van der Waals surface area contributed by atoms with Gasteiger partial charge in [-0.2, -0.15) is 9.61 Å². The fourth-order valence-electron chi connectivity index (χ4n) is 2.57. The standard InChI is InChI=1S/C15H23N5/c1-11-9-14(19-7-5-16-6-8-19)20-13(17-11)10-12(18-20)15(2,3)4/h9-10,16H,5-8H2,1-4H3. The number of fused-ring (bicyclic) bond motifs is 1. The molecule has 20 heavy (non-hydrogen) atoms. The average molecular weight is 273 g/mol. The number of anilines is 1. The molecule has 0 atom stereocenters. The second-order valence-electron chi connectivity index (χ2n) is 6.54. The second-order valence-corrected chi connectivity index (χ2v) is 6.54. The van der Waals surface area contributed by atoms with Crippen molar-refractivity contribution >= 4 is 11.5 Å². The molecule has 0 saturated carbocycles. The maximum Gasteiger partial charge on any atom is 0.157 e. The minimum absolute atomic E-state index is 0.0440. The lowest BCUT2D eigenvalue weighted by Gasteiger charge is -2.29. The predicted molar refractivity (Wildman–Crippen MR) is 81.5 cm³/mol. The monoisotopic (exact) mass is 273 g/mol. The highest BCUT2D eigenvalue weighted by Gasteiger charge is 2.21. The van der Waals surface area contributed by atoms with E-state index in [1.807, 2.05) is 4.52 Å². The highest BCUT2D eigenvalue weighted by molar-refractivity contribution is 5.52. The number of hydrogen-bond donors (Lipinski definition) is 1. The molecule has 0 aliphatic carbocycles. The Morgan fingerprint density at radius 2 is 1.85 bits per heavy atom. The normalized spacial score (nSPS) is 16.9. The Kier molecular flexibility index (Phi) is 3.17. The third-order valence-corrected chi connectivity index (χ3v) is 3.75. The Morgan fingerprint density at radius 1 is 1.15 bits per heavy atom. The minimum atomic E-state index is 0.0440. The van der Waals surface area contributed by atoms with Crippen LogP contribution in [0.4, 0.5) is 5.82 Å². The first kappa shape index (κ1) is 13.4. The molecule has 1 aliphatic heterocycles. The SMILES string of the molecule is Cc1cc(N2CCNCC2)n2nc(C(C)(C)C)cc2n1. The maximum absolute atomic E-state index is 4.79. The summed E-state index contributed by atoms with van der Waals surface area (Å²) < 4.78 is 2.00. The van der Waals surface area contributed by atoms with E-state index in [0.29, 0.717) is 0 Å². The number of aryl methyl sites for hydroxylation is 1. The second kappa shape index (κ2) is 4.74. The molecule has 5 heteroatoms. The third-order valence-electron chi connectivity index (χ3n) is 3.75. The van der Waals surface area contributed by atoms with Crippen LogP contribution in [0, 0.1) is 6.92 Å². The van der Waals surface area contributed by atoms with Crippen LogP contribution in [0.5, 0.6) is 0 Å². The van der Waals surface area contributed by atoms with Gasteiger partial charge in [0, 0.05) is 49.4 Å². The van der Waals surface area contributed by atoms with Gasteiger partial charge in [-0.05, 0) is 6.92 Å². The molecular formula is C15H23N5. The van der Waals surface area contributed by atoms with E-state index in [0.717, 1.165) is 49.0 Å². The number of hydrogen-bond acceptors (Lipinski definition) is 4. The van der Waals surface area contributed by atoms with E-state index in [-0.39, 0.29) is 5.41 Å². The third kappa shape index (κ3) is 2.38. The van der Waals surface area contributed by atoms with E-state index in [2.05, 4.69) is 55.0 Å². The summed E-state index contributed by atoms with van der Waals surface area (Å²) in [6, 6.07) is 4.25. The maximum atomic E-state index is 4.79. The molecule has 3 heterocycles. The summed E-state index contributed by atoms with van der Waals surface area (Å²) in [7, 11) is 0. The van der Waals surface area contributed by atoms with Crippen molar-refractivity contribution in [1.82, 2.24) is 19.9 Å². The molecule has 2 aromatic rings. The molecule has 108 valence electrons. The van der Waals surface area contributed by atoms with Crippen LogP contribution >= 0.6 is 0 Å². The first-order valence-electron chi connectivity index (χ1n) is 7.29. The van der Waals surface area contributed by atoms with Crippen LogP contribution in [0.3, 0.4) is 0 Å². The lowest BCUT2D eigenvalue weighted by atomic mass is 9.93. The molecule has 2 aromatic heterocycles. The predicted octanol–water partition coefficient (Wildman–Crippen LogP) is 1.74. The van der Waals surface area contributed by atoms with Gasteiger partial charge in [-0.3, -0.25) is 0 Å². The van der Waals surface area contributed by atoms with Crippen molar-refractivity contribution in [2.24, 2.45) is 0 Å². The van der Waals surface area contributed by atoms with E-state index in [1.54, 1.807) is 0 Å². The Labute approximate surface area is 120 Å². The Bertz CT molecular complexity index is 617. The van der Waals surface area contributed by atoms with E-state index in [9.17, 15) is 0 Å². The molecule has 1 fully saturated rings. The van der Waals surface area contributed by atoms with Gasteiger partial charge in [-0.25, -0.2) is 4.98 Å². The molecule has 3 rings (SSSR count). The largest absolute Gasteiger partial charge is 0.354 e. The first-order valence-corrected chi connectivity index (χ1v) is 7.29. The lowest BCUT2D eigenvalue weighted by Crippen LogP contribution is -2.44. The molecular weight excluding hydrogens is 250 g/mol. The zero-order valence-electron chi connectivity index (χ0n) is 12.8. The molecule has 0 unspecified atom stereocenters. The van der Waals surface area contributed by atoms with Crippen molar-refractivity contribution < 1.29 is 0 Å². The molecule has 0 amide bonds. The van der Waals surface area contributed by atoms with Gasteiger partial charge in [0.2, 0.25) is 0 Å². The summed E-state index contributed by atoms with van der Waals surface area (Å²) in [5.74, 6) is 1.16. The van der Waals surface area contributed by atoms with Crippen LogP contribution in [0.2, 0.25) is 0 Å². The van der Waals surface area contributed by atoms with Crippen LogP contribution in [0.25, 0.3) is 5.65 Å². The summed E-state index contributed by atoms with van der Waals surface area (Å²) >= 11 is 0. The highest BCUT2D eigenvalue weighted by Crippen LogP contribution is 2.25. The Hall–Kier alpha value is -1.62. The van der Waals surface area contributed by atoms with Gasteiger partial charge < -0.3 is 10.2 Å². The summed E-state index contributed by atoms with van der Waals surface area (Å²) in [4.78, 5) is 7.01. The highest BCUT2D eigenvalue weighted by atomic mass is 15.4. The van der Waals surface area contributed by atoms with Crippen LogP contribution in [-0.2, 0) is 5.41 Å². The fourth-order valence-corrected chi connectivity index (χ4v) is 2.57. The average Bonchev–Trinajstić information content (AvgIpc) is 2.82. The van der Waals surface area contributed by atoms with Crippen molar-refractivity contribution in [3.05, 3.63) is 23.5 Å². The summed E-state index contributed by atoms with van der Waals surface area (Å²) in [6.07, 6.45) is 0. The van der Waals surface area contributed by atoms with E-state index in [1.165, 1.54) is 0 Å². The Morgan fingerprint density at radius 3 is 2.50 bits per heavy atom. The van der Waals surface area contributed by atoms with Gasteiger partial charge in [0.15, 0.2) is 5.65 Å². The fraction of sp³-hybridized carbons (Fsp3) is 0.600.